The topological polar surface area (TPSA) is 54.9 Å². The van der Waals surface area contributed by atoms with Gasteiger partial charge in [-0.15, -0.1) is 0 Å². The van der Waals surface area contributed by atoms with Crippen molar-refractivity contribution in [1.82, 2.24) is 15.3 Å². The SMILES string of the molecule is Cc1ccc(CNC(=O)c2cnc(-c3ccc(Cl)cc3)nc2)cc1. The molecule has 0 aliphatic rings. The first-order valence-corrected chi connectivity index (χ1v) is 7.91. The van der Waals surface area contributed by atoms with Gasteiger partial charge in [0.25, 0.3) is 5.91 Å². The van der Waals surface area contributed by atoms with E-state index in [1.807, 2.05) is 43.3 Å². The second-order valence-electron chi connectivity index (χ2n) is 5.47. The van der Waals surface area contributed by atoms with Gasteiger partial charge in [-0.05, 0) is 36.8 Å². The molecule has 3 aromatic rings. The van der Waals surface area contributed by atoms with Crippen molar-refractivity contribution in [3.8, 4) is 11.4 Å². The van der Waals surface area contributed by atoms with E-state index in [9.17, 15) is 4.79 Å². The number of amides is 1. The molecular formula is C19H16ClN3O. The zero-order chi connectivity index (χ0) is 16.9. The number of nitrogens with zero attached hydrogens (tertiary/aromatic N) is 2. The lowest BCUT2D eigenvalue weighted by molar-refractivity contribution is 0.0950. The van der Waals surface area contributed by atoms with Crippen LogP contribution in [0.4, 0.5) is 0 Å². The summed E-state index contributed by atoms with van der Waals surface area (Å²) in [6.07, 6.45) is 3.06. The lowest BCUT2D eigenvalue weighted by Crippen LogP contribution is -2.23. The van der Waals surface area contributed by atoms with E-state index in [4.69, 9.17) is 11.6 Å². The van der Waals surface area contributed by atoms with E-state index in [1.165, 1.54) is 18.0 Å². The molecule has 0 atom stereocenters. The average molecular weight is 338 g/mol. The largest absolute Gasteiger partial charge is 0.348 e. The zero-order valence-electron chi connectivity index (χ0n) is 13.2. The van der Waals surface area contributed by atoms with Crippen molar-refractivity contribution < 1.29 is 4.79 Å². The summed E-state index contributed by atoms with van der Waals surface area (Å²) < 4.78 is 0. The average Bonchev–Trinajstić information content (AvgIpc) is 2.62. The minimum Gasteiger partial charge on any atom is -0.348 e. The summed E-state index contributed by atoms with van der Waals surface area (Å²) in [4.78, 5) is 20.7. The van der Waals surface area contributed by atoms with Gasteiger partial charge < -0.3 is 5.32 Å². The van der Waals surface area contributed by atoms with E-state index < -0.39 is 0 Å². The molecule has 0 spiro atoms. The van der Waals surface area contributed by atoms with E-state index in [2.05, 4.69) is 15.3 Å². The van der Waals surface area contributed by atoms with Crippen LogP contribution in [-0.4, -0.2) is 15.9 Å². The molecule has 2 aromatic carbocycles. The molecule has 0 saturated heterocycles. The molecule has 0 radical (unpaired) electrons. The van der Waals surface area contributed by atoms with Gasteiger partial charge in [0.1, 0.15) is 0 Å². The Morgan fingerprint density at radius 1 is 1.00 bits per heavy atom. The number of halogens is 1. The lowest BCUT2D eigenvalue weighted by atomic mass is 10.1. The van der Waals surface area contributed by atoms with Crippen LogP contribution in [0, 0.1) is 6.92 Å². The Hall–Kier alpha value is -2.72. The van der Waals surface area contributed by atoms with Gasteiger partial charge >= 0.3 is 0 Å². The lowest BCUT2D eigenvalue weighted by Gasteiger charge is -2.06. The number of carbonyl (C=O) groups excluding carboxylic acids is 1. The number of carbonyl (C=O) groups is 1. The summed E-state index contributed by atoms with van der Waals surface area (Å²) in [6.45, 7) is 2.50. The maximum absolute atomic E-state index is 12.2. The Morgan fingerprint density at radius 3 is 2.25 bits per heavy atom. The molecule has 1 N–H and O–H groups in total. The molecular weight excluding hydrogens is 322 g/mol. The summed E-state index contributed by atoms with van der Waals surface area (Å²) in [5, 5.41) is 3.52. The number of hydrogen-bond donors (Lipinski definition) is 1. The monoisotopic (exact) mass is 337 g/mol. The molecule has 0 saturated carbocycles. The number of aromatic nitrogens is 2. The van der Waals surface area contributed by atoms with Crippen molar-refractivity contribution in [3.63, 3.8) is 0 Å². The Labute approximate surface area is 145 Å². The summed E-state index contributed by atoms with van der Waals surface area (Å²) in [5.41, 5.74) is 3.52. The van der Waals surface area contributed by atoms with Crippen molar-refractivity contribution in [1.29, 1.82) is 0 Å². The molecule has 0 fully saturated rings. The fourth-order valence-electron chi connectivity index (χ4n) is 2.18. The molecule has 0 bridgehead atoms. The minimum absolute atomic E-state index is 0.196. The Balaban J connectivity index is 1.65. The van der Waals surface area contributed by atoms with Crippen LogP contribution < -0.4 is 5.32 Å². The van der Waals surface area contributed by atoms with E-state index in [-0.39, 0.29) is 5.91 Å². The van der Waals surface area contributed by atoms with Gasteiger partial charge in [-0.1, -0.05) is 41.4 Å². The first-order valence-electron chi connectivity index (χ1n) is 7.53. The van der Waals surface area contributed by atoms with Crippen molar-refractivity contribution in [2.75, 3.05) is 0 Å². The van der Waals surface area contributed by atoms with Gasteiger partial charge in [-0.2, -0.15) is 0 Å². The number of hydrogen-bond acceptors (Lipinski definition) is 3. The summed E-state index contributed by atoms with van der Waals surface area (Å²) in [5.74, 6) is 0.361. The molecule has 4 nitrogen and oxygen atoms in total. The number of benzene rings is 2. The Morgan fingerprint density at radius 2 is 1.62 bits per heavy atom. The first kappa shape index (κ1) is 16.1. The smallest absolute Gasteiger partial charge is 0.254 e. The van der Waals surface area contributed by atoms with Crippen LogP contribution in [-0.2, 0) is 6.54 Å². The maximum atomic E-state index is 12.2. The third kappa shape index (κ3) is 3.97. The first-order chi connectivity index (χ1) is 11.6. The highest BCUT2D eigenvalue weighted by atomic mass is 35.5. The predicted octanol–water partition coefficient (Wildman–Crippen LogP) is 4.04. The molecule has 0 unspecified atom stereocenters. The molecule has 5 heteroatoms. The van der Waals surface area contributed by atoms with Gasteiger partial charge in [0.2, 0.25) is 0 Å². The fraction of sp³-hybridized carbons (Fsp3) is 0.105. The summed E-state index contributed by atoms with van der Waals surface area (Å²) in [7, 11) is 0. The molecule has 120 valence electrons. The van der Waals surface area contributed by atoms with Crippen molar-refractivity contribution in [2.24, 2.45) is 0 Å². The third-order valence-electron chi connectivity index (χ3n) is 3.59. The minimum atomic E-state index is -0.196. The Bertz CT molecular complexity index is 828. The van der Waals surface area contributed by atoms with Crippen molar-refractivity contribution in [3.05, 3.63) is 82.6 Å². The van der Waals surface area contributed by atoms with Crippen LogP contribution in [0.25, 0.3) is 11.4 Å². The molecule has 1 aromatic heterocycles. The number of nitrogens with one attached hydrogen (secondary N) is 1. The highest BCUT2D eigenvalue weighted by molar-refractivity contribution is 6.30. The van der Waals surface area contributed by atoms with Gasteiger partial charge in [-0.3, -0.25) is 4.79 Å². The molecule has 1 heterocycles. The van der Waals surface area contributed by atoms with E-state index >= 15 is 0 Å². The predicted molar refractivity (Wildman–Crippen MR) is 94.8 cm³/mol. The van der Waals surface area contributed by atoms with E-state index in [1.54, 1.807) is 12.1 Å². The number of rotatable bonds is 4. The summed E-state index contributed by atoms with van der Waals surface area (Å²) in [6, 6.07) is 15.3. The molecule has 3 rings (SSSR count). The van der Waals surface area contributed by atoms with Gasteiger partial charge in [-0.25, -0.2) is 9.97 Å². The van der Waals surface area contributed by atoms with Gasteiger partial charge in [0.15, 0.2) is 5.82 Å². The van der Waals surface area contributed by atoms with Crippen LogP contribution in [0.5, 0.6) is 0 Å². The quantitative estimate of drug-likeness (QED) is 0.781. The standard InChI is InChI=1S/C19H16ClN3O/c1-13-2-4-14(5-3-13)10-23-19(24)16-11-21-18(22-12-16)15-6-8-17(20)9-7-15/h2-9,11-12H,10H2,1H3,(H,23,24). The molecule has 0 aliphatic carbocycles. The van der Waals surface area contributed by atoms with Crippen LogP contribution >= 0.6 is 11.6 Å². The van der Waals surface area contributed by atoms with Crippen LogP contribution in [0.15, 0.2) is 60.9 Å². The fourth-order valence-corrected chi connectivity index (χ4v) is 2.31. The van der Waals surface area contributed by atoms with Crippen molar-refractivity contribution >= 4 is 17.5 Å². The van der Waals surface area contributed by atoms with E-state index in [0.717, 1.165) is 11.1 Å². The van der Waals surface area contributed by atoms with Crippen LogP contribution in [0.2, 0.25) is 5.02 Å². The maximum Gasteiger partial charge on any atom is 0.254 e. The zero-order valence-corrected chi connectivity index (χ0v) is 13.9. The molecule has 0 aliphatic heterocycles. The van der Waals surface area contributed by atoms with Crippen LogP contribution in [0.1, 0.15) is 21.5 Å². The highest BCUT2D eigenvalue weighted by Crippen LogP contribution is 2.17. The second kappa shape index (κ2) is 7.23. The normalized spacial score (nSPS) is 10.4. The summed E-state index contributed by atoms with van der Waals surface area (Å²) >= 11 is 5.87. The highest BCUT2D eigenvalue weighted by Gasteiger charge is 2.08. The number of aryl methyl sites for hydroxylation is 1. The Kier molecular flexibility index (Phi) is 4.87. The third-order valence-corrected chi connectivity index (χ3v) is 3.84. The van der Waals surface area contributed by atoms with Gasteiger partial charge in [0.05, 0.1) is 5.56 Å². The molecule has 24 heavy (non-hydrogen) atoms. The molecule has 1 amide bonds. The second-order valence-corrected chi connectivity index (χ2v) is 5.91. The van der Waals surface area contributed by atoms with Crippen molar-refractivity contribution in [2.45, 2.75) is 13.5 Å². The van der Waals surface area contributed by atoms with Crippen LogP contribution in [0.3, 0.4) is 0 Å². The van der Waals surface area contributed by atoms with E-state index in [0.29, 0.717) is 23.0 Å². The van der Waals surface area contributed by atoms with Gasteiger partial charge in [0, 0.05) is 29.5 Å².